The van der Waals surface area contributed by atoms with Gasteiger partial charge >= 0.3 is 5.69 Å². The van der Waals surface area contributed by atoms with Crippen LogP contribution in [0, 0.1) is 10.1 Å². The molecule has 1 aromatic heterocycles. The van der Waals surface area contributed by atoms with Gasteiger partial charge in [0.05, 0.1) is 9.95 Å². The lowest BCUT2D eigenvalue weighted by atomic mass is 10.3. The van der Waals surface area contributed by atoms with Crippen LogP contribution < -0.4 is 4.74 Å². The van der Waals surface area contributed by atoms with Crippen LogP contribution in [0.5, 0.6) is 5.75 Å². The third-order valence-electron chi connectivity index (χ3n) is 2.44. The largest absolute Gasteiger partial charge is 0.482 e. The molecule has 0 fully saturated rings. The molecule has 2 aromatic rings. The smallest absolute Gasteiger partial charge is 0.311 e. The maximum atomic E-state index is 10.9. The molecule has 5 nitrogen and oxygen atoms in total. The molecule has 0 N–H and O–H groups in total. The van der Waals surface area contributed by atoms with Gasteiger partial charge in [-0.3, -0.25) is 10.1 Å². The number of halogens is 3. The molecule has 0 aliphatic heterocycles. The number of aromatic nitrogens is 1. The van der Waals surface area contributed by atoms with E-state index in [2.05, 4.69) is 20.9 Å². The van der Waals surface area contributed by atoms with E-state index >= 15 is 0 Å². The van der Waals surface area contributed by atoms with Gasteiger partial charge in [-0.15, -0.1) is 0 Å². The number of nitrogens with zero attached hydrogens (tertiary/aromatic N) is 2. The van der Waals surface area contributed by atoms with Crippen LogP contribution in [0.1, 0.15) is 5.56 Å². The first-order valence-corrected chi connectivity index (χ1v) is 6.89. The summed E-state index contributed by atoms with van der Waals surface area (Å²) in [7, 11) is 0. The molecule has 0 amide bonds. The Hall–Kier alpha value is -1.37. The average molecular weight is 378 g/mol. The van der Waals surface area contributed by atoms with E-state index in [1.165, 1.54) is 18.3 Å². The molecule has 20 heavy (non-hydrogen) atoms. The van der Waals surface area contributed by atoms with Crippen LogP contribution in [-0.4, -0.2) is 9.91 Å². The number of pyridine rings is 1. The molecular weight excluding hydrogens is 371 g/mol. The monoisotopic (exact) mass is 376 g/mol. The Labute approximate surface area is 132 Å². The Kier molecular flexibility index (Phi) is 4.80. The number of nitro groups is 1. The standard InChI is InChI=1S/C12H7BrCl2N2O3/c13-7-1-2-10(17(18)19)11(5-7)20-6-8-9(14)3-4-16-12(8)15/h1-5H,6H2. The molecule has 0 aliphatic carbocycles. The van der Waals surface area contributed by atoms with E-state index in [0.717, 1.165) is 0 Å². The van der Waals surface area contributed by atoms with Crippen molar-refractivity contribution in [1.82, 2.24) is 4.98 Å². The molecule has 0 saturated carbocycles. The average Bonchev–Trinajstić information content (AvgIpc) is 2.37. The Balaban J connectivity index is 2.27. The van der Waals surface area contributed by atoms with Crippen LogP contribution >= 0.6 is 39.1 Å². The molecule has 0 atom stereocenters. The van der Waals surface area contributed by atoms with Gasteiger partial charge in [-0.1, -0.05) is 39.1 Å². The van der Waals surface area contributed by atoms with E-state index in [9.17, 15) is 10.1 Å². The first-order chi connectivity index (χ1) is 9.49. The SMILES string of the molecule is O=[N+]([O-])c1ccc(Br)cc1OCc1c(Cl)ccnc1Cl. The van der Waals surface area contributed by atoms with Gasteiger partial charge in [0.1, 0.15) is 11.8 Å². The number of ether oxygens (including phenoxy) is 1. The summed E-state index contributed by atoms with van der Waals surface area (Å²) in [4.78, 5) is 14.3. The van der Waals surface area contributed by atoms with Crippen LogP contribution in [0.25, 0.3) is 0 Å². The lowest BCUT2D eigenvalue weighted by Gasteiger charge is -2.09. The molecule has 0 unspecified atom stereocenters. The second-order valence-electron chi connectivity index (χ2n) is 3.72. The topological polar surface area (TPSA) is 65.3 Å². The van der Waals surface area contributed by atoms with E-state index in [4.69, 9.17) is 27.9 Å². The molecular formula is C12H7BrCl2N2O3. The molecule has 2 rings (SSSR count). The van der Waals surface area contributed by atoms with Gasteiger partial charge in [0.2, 0.25) is 0 Å². The van der Waals surface area contributed by atoms with Crippen molar-refractivity contribution in [3.63, 3.8) is 0 Å². The zero-order valence-corrected chi connectivity index (χ0v) is 12.9. The summed E-state index contributed by atoms with van der Waals surface area (Å²) >= 11 is 15.1. The van der Waals surface area contributed by atoms with Crippen molar-refractivity contribution in [1.29, 1.82) is 0 Å². The normalized spacial score (nSPS) is 10.3. The third kappa shape index (κ3) is 3.39. The third-order valence-corrected chi connectivity index (χ3v) is 3.61. The van der Waals surface area contributed by atoms with Gasteiger partial charge in [0.25, 0.3) is 0 Å². The molecule has 1 aromatic carbocycles. The predicted octanol–water partition coefficient (Wildman–Crippen LogP) is 4.64. The lowest BCUT2D eigenvalue weighted by Crippen LogP contribution is -2.01. The number of rotatable bonds is 4. The van der Waals surface area contributed by atoms with Crippen LogP contribution in [0.4, 0.5) is 5.69 Å². The van der Waals surface area contributed by atoms with Crippen molar-refractivity contribution < 1.29 is 9.66 Å². The number of benzene rings is 1. The molecule has 0 aliphatic rings. The number of hydrogen-bond acceptors (Lipinski definition) is 4. The molecule has 8 heteroatoms. The van der Waals surface area contributed by atoms with Gasteiger partial charge in [-0.25, -0.2) is 4.98 Å². The lowest BCUT2D eigenvalue weighted by molar-refractivity contribution is -0.386. The molecule has 0 spiro atoms. The summed E-state index contributed by atoms with van der Waals surface area (Å²) in [5.74, 6) is 0.125. The van der Waals surface area contributed by atoms with Crippen LogP contribution in [0.3, 0.4) is 0 Å². The highest BCUT2D eigenvalue weighted by molar-refractivity contribution is 9.10. The van der Waals surface area contributed by atoms with Gasteiger partial charge in [0, 0.05) is 28.4 Å². The predicted molar refractivity (Wildman–Crippen MR) is 79.4 cm³/mol. The van der Waals surface area contributed by atoms with Crippen molar-refractivity contribution in [3.05, 3.63) is 60.8 Å². The van der Waals surface area contributed by atoms with E-state index in [1.807, 2.05) is 0 Å². The molecule has 1 heterocycles. The van der Waals surface area contributed by atoms with Gasteiger partial charge < -0.3 is 4.74 Å². The van der Waals surface area contributed by atoms with Crippen molar-refractivity contribution in [2.75, 3.05) is 0 Å². The summed E-state index contributed by atoms with van der Waals surface area (Å²) in [6, 6.07) is 6.00. The highest BCUT2D eigenvalue weighted by atomic mass is 79.9. The Morgan fingerprint density at radius 2 is 2.10 bits per heavy atom. The highest BCUT2D eigenvalue weighted by Crippen LogP contribution is 2.32. The van der Waals surface area contributed by atoms with Crippen LogP contribution in [-0.2, 0) is 6.61 Å². The van der Waals surface area contributed by atoms with Gasteiger partial charge in [-0.05, 0) is 12.1 Å². The second-order valence-corrected chi connectivity index (χ2v) is 5.40. The minimum Gasteiger partial charge on any atom is -0.482 e. The maximum Gasteiger partial charge on any atom is 0.311 e. The number of nitro benzene ring substituents is 1. The Morgan fingerprint density at radius 1 is 1.35 bits per heavy atom. The summed E-state index contributed by atoms with van der Waals surface area (Å²) in [6.07, 6.45) is 1.47. The summed E-state index contributed by atoms with van der Waals surface area (Å²) in [5.41, 5.74) is 0.342. The molecule has 0 radical (unpaired) electrons. The van der Waals surface area contributed by atoms with Crippen LogP contribution in [0.2, 0.25) is 10.2 Å². The zero-order valence-electron chi connectivity index (χ0n) is 9.85. The summed E-state index contributed by atoms with van der Waals surface area (Å²) < 4.78 is 6.11. The first kappa shape index (κ1) is 15.0. The van der Waals surface area contributed by atoms with Crippen molar-refractivity contribution >= 4 is 44.8 Å². The van der Waals surface area contributed by atoms with Crippen molar-refractivity contribution in [3.8, 4) is 5.75 Å². The first-order valence-electron chi connectivity index (χ1n) is 5.34. The van der Waals surface area contributed by atoms with Gasteiger partial charge in [-0.2, -0.15) is 0 Å². The van der Waals surface area contributed by atoms with E-state index < -0.39 is 4.92 Å². The Morgan fingerprint density at radius 3 is 2.75 bits per heavy atom. The zero-order chi connectivity index (χ0) is 14.7. The highest BCUT2D eigenvalue weighted by Gasteiger charge is 2.16. The fourth-order valence-electron chi connectivity index (χ4n) is 1.48. The van der Waals surface area contributed by atoms with Crippen LogP contribution in [0.15, 0.2) is 34.9 Å². The molecule has 0 bridgehead atoms. The summed E-state index contributed by atoms with van der Waals surface area (Å²) in [6.45, 7) is -0.0111. The number of hydrogen-bond donors (Lipinski definition) is 0. The van der Waals surface area contributed by atoms with Crippen molar-refractivity contribution in [2.45, 2.75) is 6.61 Å². The Bertz CT molecular complexity index is 647. The van der Waals surface area contributed by atoms with E-state index in [1.54, 1.807) is 12.1 Å². The van der Waals surface area contributed by atoms with Crippen molar-refractivity contribution in [2.24, 2.45) is 0 Å². The summed E-state index contributed by atoms with van der Waals surface area (Å²) in [5, 5.41) is 11.5. The maximum absolute atomic E-state index is 10.9. The fraction of sp³-hybridized carbons (Fsp3) is 0.0833. The minimum absolute atomic E-state index is 0.0111. The fourth-order valence-corrected chi connectivity index (χ4v) is 2.28. The van der Waals surface area contributed by atoms with E-state index in [0.29, 0.717) is 15.1 Å². The van der Waals surface area contributed by atoms with Gasteiger partial charge in [0.15, 0.2) is 5.75 Å². The second kappa shape index (κ2) is 6.39. The molecule has 0 saturated heterocycles. The quantitative estimate of drug-likeness (QED) is 0.442. The molecule has 104 valence electrons. The van der Waals surface area contributed by atoms with E-state index in [-0.39, 0.29) is 23.2 Å². The minimum atomic E-state index is -0.520.